The number of nitriles is 1. The summed E-state index contributed by atoms with van der Waals surface area (Å²) in [5.74, 6) is 0. The Hall–Kier alpha value is -4.10. The van der Waals surface area contributed by atoms with E-state index >= 15 is 0 Å². The van der Waals surface area contributed by atoms with Gasteiger partial charge >= 0.3 is 0 Å². The van der Waals surface area contributed by atoms with Crippen molar-refractivity contribution in [2.24, 2.45) is 0 Å². The number of nitrogens with zero attached hydrogens (tertiary/aromatic N) is 8. The van der Waals surface area contributed by atoms with Crippen molar-refractivity contribution in [2.75, 3.05) is 5.32 Å². The Balaban J connectivity index is 1.58. The summed E-state index contributed by atoms with van der Waals surface area (Å²) in [4.78, 5) is 4.68. The van der Waals surface area contributed by atoms with Crippen LogP contribution in [0.25, 0.3) is 32.6 Å². The largest absolute Gasteiger partial charge is 0.382 e. The highest BCUT2D eigenvalue weighted by molar-refractivity contribution is 7.17. The number of pyridine rings is 1. The fraction of sp³-hybridized carbons (Fsp3) is 0.143. The van der Waals surface area contributed by atoms with Gasteiger partial charge in [0.2, 0.25) is 5.13 Å². The minimum absolute atomic E-state index is 0.216. The lowest BCUT2D eigenvalue weighted by Crippen LogP contribution is -2.11. The highest BCUT2D eigenvalue weighted by atomic mass is 32.1. The molecule has 31 heavy (non-hydrogen) atoms. The van der Waals surface area contributed by atoms with Gasteiger partial charge in [-0.25, -0.2) is 9.20 Å². The van der Waals surface area contributed by atoms with Gasteiger partial charge in [-0.3, -0.25) is 4.98 Å². The normalized spacial score (nSPS) is 11.2. The Bertz CT molecular complexity index is 1410. The number of nitrogens with one attached hydrogen (secondary N) is 1. The van der Waals surface area contributed by atoms with E-state index in [9.17, 15) is 0 Å². The fourth-order valence-electron chi connectivity index (χ4n) is 3.25. The van der Waals surface area contributed by atoms with Gasteiger partial charge in [-0.1, -0.05) is 11.3 Å². The predicted molar refractivity (Wildman–Crippen MR) is 118 cm³/mol. The summed E-state index contributed by atoms with van der Waals surface area (Å²) < 4.78 is 3.47. The molecule has 9 nitrogen and oxygen atoms in total. The van der Waals surface area contributed by atoms with Gasteiger partial charge in [0.25, 0.3) is 0 Å². The molecule has 5 aromatic heterocycles. The van der Waals surface area contributed by atoms with Crippen LogP contribution in [0.1, 0.15) is 19.4 Å². The predicted octanol–water partition coefficient (Wildman–Crippen LogP) is 3.79. The van der Waals surface area contributed by atoms with Crippen molar-refractivity contribution in [3.8, 4) is 33.2 Å². The van der Waals surface area contributed by atoms with E-state index in [2.05, 4.69) is 50.6 Å². The van der Waals surface area contributed by atoms with Crippen molar-refractivity contribution in [3.05, 3.63) is 60.7 Å². The van der Waals surface area contributed by atoms with E-state index < -0.39 is 0 Å². The Morgan fingerprint density at radius 1 is 1.13 bits per heavy atom. The Morgan fingerprint density at radius 3 is 2.81 bits per heavy atom. The maximum Gasteiger partial charge on any atom is 0.233 e. The van der Waals surface area contributed by atoms with Crippen LogP contribution in [0, 0.1) is 11.3 Å². The van der Waals surface area contributed by atoms with Gasteiger partial charge in [-0.05, 0) is 44.2 Å². The lowest BCUT2D eigenvalue weighted by molar-refractivity contribution is 0.847. The first kappa shape index (κ1) is 18.9. The molecule has 0 aliphatic rings. The van der Waals surface area contributed by atoms with Crippen molar-refractivity contribution in [2.45, 2.75) is 19.9 Å². The van der Waals surface area contributed by atoms with E-state index in [1.54, 1.807) is 33.9 Å². The summed E-state index contributed by atoms with van der Waals surface area (Å²) in [7, 11) is 0. The number of fused-ring (bicyclic) bond motifs is 1. The van der Waals surface area contributed by atoms with E-state index in [4.69, 9.17) is 5.26 Å². The molecule has 5 heterocycles. The molecule has 0 saturated heterocycles. The van der Waals surface area contributed by atoms with Crippen molar-refractivity contribution < 1.29 is 0 Å². The van der Waals surface area contributed by atoms with Crippen LogP contribution in [0.4, 0.5) is 5.69 Å². The second-order valence-corrected chi connectivity index (χ2v) is 8.12. The first-order valence-electron chi connectivity index (χ1n) is 9.61. The minimum Gasteiger partial charge on any atom is -0.382 e. The molecule has 5 rings (SSSR count). The zero-order chi connectivity index (χ0) is 21.4. The van der Waals surface area contributed by atoms with E-state index in [0.717, 1.165) is 33.2 Å². The standard InChI is InChI=1S/C21H17N9S/c1-13(2)26-17-9-18(19-5-4-15-8-14(10-22)11-25-30(15)19)23-12-16(17)20-27-28-21(31-20)29-7-3-6-24-29/h3-9,11-13H,1-2H3,(H,23,26). The first-order chi connectivity index (χ1) is 15.1. The van der Waals surface area contributed by atoms with Gasteiger partial charge in [0.05, 0.1) is 34.2 Å². The number of anilines is 1. The minimum atomic E-state index is 0.216. The second-order valence-electron chi connectivity index (χ2n) is 7.17. The summed E-state index contributed by atoms with van der Waals surface area (Å²) in [6.45, 7) is 4.16. The number of hydrogen-bond donors (Lipinski definition) is 1. The van der Waals surface area contributed by atoms with Crippen molar-refractivity contribution in [1.29, 1.82) is 5.26 Å². The van der Waals surface area contributed by atoms with Crippen LogP contribution in [0.5, 0.6) is 0 Å². The lowest BCUT2D eigenvalue weighted by Gasteiger charge is -2.14. The van der Waals surface area contributed by atoms with Gasteiger partial charge in [0.1, 0.15) is 6.07 Å². The van der Waals surface area contributed by atoms with E-state index in [1.807, 2.05) is 30.5 Å². The molecule has 1 N–H and O–H groups in total. The average molecular weight is 427 g/mol. The maximum absolute atomic E-state index is 9.11. The molecule has 0 aliphatic heterocycles. The van der Waals surface area contributed by atoms with E-state index in [-0.39, 0.29) is 6.04 Å². The molecule has 152 valence electrons. The van der Waals surface area contributed by atoms with Crippen LogP contribution in [-0.4, -0.2) is 40.6 Å². The molecule has 5 aromatic rings. The quantitative estimate of drug-likeness (QED) is 0.454. The molecule has 0 spiro atoms. The zero-order valence-electron chi connectivity index (χ0n) is 16.8. The molecule has 0 unspecified atom stereocenters. The molecule has 0 radical (unpaired) electrons. The van der Waals surface area contributed by atoms with Crippen molar-refractivity contribution in [3.63, 3.8) is 0 Å². The summed E-state index contributed by atoms with van der Waals surface area (Å²) in [5.41, 5.74) is 4.74. The van der Waals surface area contributed by atoms with Crippen molar-refractivity contribution >= 4 is 22.5 Å². The summed E-state index contributed by atoms with van der Waals surface area (Å²) in [6.07, 6.45) is 6.90. The molecule has 0 fully saturated rings. The van der Waals surface area contributed by atoms with Crippen LogP contribution in [0.3, 0.4) is 0 Å². The molecule has 0 saturated carbocycles. The molecular formula is C21H17N9S. The molecule has 0 bridgehead atoms. The van der Waals surface area contributed by atoms with Crippen LogP contribution in [-0.2, 0) is 0 Å². The van der Waals surface area contributed by atoms with Crippen LogP contribution >= 0.6 is 11.3 Å². The monoisotopic (exact) mass is 427 g/mol. The third kappa shape index (κ3) is 3.51. The topological polar surface area (TPSA) is 110 Å². The summed E-state index contributed by atoms with van der Waals surface area (Å²) in [6, 6.07) is 11.8. The van der Waals surface area contributed by atoms with Gasteiger partial charge in [0, 0.05) is 30.3 Å². The number of hydrogen-bond acceptors (Lipinski definition) is 8. The van der Waals surface area contributed by atoms with Crippen LogP contribution in [0.2, 0.25) is 0 Å². The second kappa shape index (κ2) is 7.62. The molecule has 0 aliphatic carbocycles. The highest BCUT2D eigenvalue weighted by Crippen LogP contribution is 2.34. The van der Waals surface area contributed by atoms with Gasteiger partial charge in [0.15, 0.2) is 5.01 Å². The van der Waals surface area contributed by atoms with E-state index in [1.165, 1.54) is 11.3 Å². The Morgan fingerprint density at radius 2 is 2.03 bits per heavy atom. The first-order valence-corrected chi connectivity index (χ1v) is 10.4. The Kier molecular flexibility index (Phi) is 4.65. The molecule has 0 atom stereocenters. The zero-order valence-corrected chi connectivity index (χ0v) is 17.6. The third-order valence-electron chi connectivity index (χ3n) is 4.59. The van der Waals surface area contributed by atoms with Crippen LogP contribution < -0.4 is 5.32 Å². The van der Waals surface area contributed by atoms with E-state index in [0.29, 0.717) is 10.7 Å². The highest BCUT2D eigenvalue weighted by Gasteiger charge is 2.16. The average Bonchev–Trinajstić information content (AvgIpc) is 3.52. The van der Waals surface area contributed by atoms with Crippen LogP contribution in [0.15, 0.2) is 55.1 Å². The number of rotatable bonds is 5. The summed E-state index contributed by atoms with van der Waals surface area (Å²) in [5, 5.41) is 31.3. The maximum atomic E-state index is 9.11. The summed E-state index contributed by atoms with van der Waals surface area (Å²) >= 11 is 1.45. The smallest absolute Gasteiger partial charge is 0.233 e. The molecular weight excluding hydrogens is 410 g/mol. The van der Waals surface area contributed by atoms with Gasteiger partial charge in [-0.15, -0.1) is 10.2 Å². The van der Waals surface area contributed by atoms with Gasteiger partial charge in [-0.2, -0.15) is 15.5 Å². The molecule has 0 amide bonds. The fourth-order valence-corrected chi connectivity index (χ4v) is 4.06. The molecule has 0 aromatic carbocycles. The van der Waals surface area contributed by atoms with Crippen molar-refractivity contribution in [1.82, 2.24) is 34.6 Å². The van der Waals surface area contributed by atoms with Gasteiger partial charge < -0.3 is 5.32 Å². The molecule has 10 heteroatoms. The third-order valence-corrected chi connectivity index (χ3v) is 5.53. The lowest BCUT2D eigenvalue weighted by atomic mass is 10.1. The Labute approximate surface area is 181 Å². The number of aromatic nitrogens is 7. The SMILES string of the molecule is CC(C)Nc1cc(-c2ccc3cc(C#N)cnn23)ncc1-c1nnc(-n2cccn2)s1.